The maximum Gasteiger partial charge on any atom is 0.270 e. The van der Waals surface area contributed by atoms with Gasteiger partial charge in [-0.1, -0.05) is 42.5 Å². The number of hydrogen-bond acceptors (Lipinski definition) is 4. The van der Waals surface area contributed by atoms with Crippen molar-refractivity contribution in [3.05, 3.63) is 75.8 Å². The Morgan fingerprint density at radius 2 is 1.55 bits per heavy atom. The van der Waals surface area contributed by atoms with E-state index in [1.165, 1.54) is 25.1 Å². The van der Waals surface area contributed by atoms with E-state index in [4.69, 9.17) is 0 Å². The zero-order chi connectivity index (χ0) is 16.5. The minimum atomic E-state index is -0.512. The quantitative estimate of drug-likeness (QED) is 0.536. The number of carbonyl (C=O) groups is 2. The lowest BCUT2D eigenvalue weighted by molar-refractivity contribution is -0.384. The Kier molecular flexibility index (Phi) is 6.43. The van der Waals surface area contributed by atoms with Gasteiger partial charge in [0.25, 0.3) is 5.69 Å². The Morgan fingerprint density at radius 3 is 2.05 bits per heavy atom. The Balaban J connectivity index is 0.000000422. The molecule has 0 heterocycles. The summed E-state index contributed by atoms with van der Waals surface area (Å²) >= 11 is 0. The van der Waals surface area contributed by atoms with Crippen molar-refractivity contribution in [2.24, 2.45) is 0 Å². The van der Waals surface area contributed by atoms with Crippen LogP contribution < -0.4 is 5.32 Å². The summed E-state index contributed by atoms with van der Waals surface area (Å²) in [5.74, 6) is -0.209. The molecule has 0 saturated carbocycles. The number of nitrogens with zero attached hydrogens (tertiary/aromatic N) is 1. The molecule has 0 aliphatic carbocycles. The van der Waals surface area contributed by atoms with Crippen molar-refractivity contribution in [2.75, 3.05) is 7.05 Å². The summed E-state index contributed by atoms with van der Waals surface area (Å²) in [6.45, 7) is 1.47. The normalized spacial score (nSPS) is 9.18. The Morgan fingerprint density at radius 1 is 1.00 bits per heavy atom. The van der Waals surface area contributed by atoms with E-state index in [0.29, 0.717) is 11.1 Å². The standard InChI is InChI=1S/C13H9NO3.C3H7NO/c15-13(10-5-2-1-3-6-10)11-7-4-8-12(9-11)14(16)17;1-3(5)4-2/h1-9H;1-2H3,(H,4,5). The number of nitro groups is 1. The number of rotatable bonds is 3. The first kappa shape index (κ1) is 17.0. The number of nitro benzene ring substituents is 1. The monoisotopic (exact) mass is 300 g/mol. The van der Waals surface area contributed by atoms with Crippen LogP contribution in [0, 0.1) is 10.1 Å². The zero-order valence-corrected chi connectivity index (χ0v) is 12.3. The fraction of sp³-hybridized carbons (Fsp3) is 0.125. The van der Waals surface area contributed by atoms with Crippen LogP contribution in [0.2, 0.25) is 0 Å². The Hall–Kier alpha value is -3.02. The molecule has 0 aliphatic rings. The van der Waals surface area contributed by atoms with Gasteiger partial charge in [0.15, 0.2) is 5.78 Å². The predicted octanol–water partition coefficient (Wildman–Crippen LogP) is 2.58. The van der Waals surface area contributed by atoms with Crippen LogP contribution in [-0.4, -0.2) is 23.7 Å². The van der Waals surface area contributed by atoms with Gasteiger partial charge in [0.2, 0.25) is 5.91 Å². The molecule has 0 saturated heterocycles. The van der Waals surface area contributed by atoms with E-state index in [-0.39, 0.29) is 17.4 Å². The molecule has 1 N–H and O–H groups in total. The molecule has 1 amide bonds. The average molecular weight is 300 g/mol. The lowest BCUT2D eigenvalue weighted by Gasteiger charge is -2.00. The lowest BCUT2D eigenvalue weighted by atomic mass is 10.0. The number of carbonyl (C=O) groups excluding carboxylic acids is 2. The van der Waals surface area contributed by atoms with Crippen LogP contribution in [0.15, 0.2) is 54.6 Å². The largest absolute Gasteiger partial charge is 0.359 e. The van der Waals surface area contributed by atoms with Gasteiger partial charge in [-0.2, -0.15) is 0 Å². The molecule has 114 valence electrons. The van der Waals surface area contributed by atoms with Crippen LogP contribution in [0.25, 0.3) is 0 Å². The van der Waals surface area contributed by atoms with Crippen LogP contribution in [0.4, 0.5) is 5.69 Å². The van der Waals surface area contributed by atoms with Gasteiger partial charge >= 0.3 is 0 Å². The Bertz CT molecular complexity index is 669. The molecule has 0 fully saturated rings. The van der Waals surface area contributed by atoms with Crippen molar-refractivity contribution < 1.29 is 14.5 Å². The third kappa shape index (κ3) is 5.16. The van der Waals surface area contributed by atoms with Crippen molar-refractivity contribution in [1.29, 1.82) is 0 Å². The molecule has 6 nitrogen and oxygen atoms in total. The molecule has 2 rings (SSSR count). The first-order valence-electron chi connectivity index (χ1n) is 6.48. The second-order valence-electron chi connectivity index (χ2n) is 4.31. The van der Waals surface area contributed by atoms with E-state index >= 15 is 0 Å². The van der Waals surface area contributed by atoms with Gasteiger partial charge in [-0.3, -0.25) is 19.7 Å². The highest BCUT2D eigenvalue weighted by Gasteiger charge is 2.12. The van der Waals surface area contributed by atoms with Crippen molar-refractivity contribution in [3.8, 4) is 0 Å². The van der Waals surface area contributed by atoms with Crippen LogP contribution in [-0.2, 0) is 4.79 Å². The van der Waals surface area contributed by atoms with Gasteiger partial charge < -0.3 is 5.32 Å². The van der Waals surface area contributed by atoms with E-state index < -0.39 is 4.92 Å². The zero-order valence-electron chi connectivity index (χ0n) is 12.3. The second kappa shape index (κ2) is 8.31. The highest BCUT2D eigenvalue weighted by molar-refractivity contribution is 6.09. The van der Waals surface area contributed by atoms with Crippen molar-refractivity contribution >= 4 is 17.4 Å². The molecule has 2 aromatic rings. The summed E-state index contributed by atoms with van der Waals surface area (Å²) in [7, 11) is 1.60. The maximum atomic E-state index is 12.0. The summed E-state index contributed by atoms with van der Waals surface area (Å²) in [4.78, 5) is 31.8. The summed E-state index contributed by atoms with van der Waals surface area (Å²) in [6.07, 6.45) is 0. The summed E-state index contributed by atoms with van der Waals surface area (Å²) in [5, 5.41) is 13.0. The van der Waals surface area contributed by atoms with Crippen LogP contribution >= 0.6 is 0 Å². The summed E-state index contributed by atoms with van der Waals surface area (Å²) < 4.78 is 0. The van der Waals surface area contributed by atoms with E-state index in [2.05, 4.69) is 5.32 Å². The van der Waals surface area contributed by atoms with Crippen LogP contribution in [0.5, 0.6) is 0 Å². The van der Waals surface area contributed by atoms with Crippen molar-refractivity contribution in [2.45, 2.75) is 6.92 Å². The number of benzene rings is 2. The molecule has 2 aromatic carbocycles. The molecule has 0 bridgehead atoms. The minimum Gasteiger partial charge on any atom is -0.359 e. The van der Waals surface area contributed by atoms with Gasteiger partial charge in [0, 0.05) is 37.2 Å². The molecule has 6 heteroatoms. The molecule has 0 aliphatic heterocycles. The summed E-state index contributed by atoms with van der Waals surface area (Å²) in [6, 6.07) is 14.4. The van der Waals surface area contributed by atoms with Gasteiger partial charge in [0.05, 0.1) is 4.92 Å². The molecule has 0 spiro atoms. The van der Waals surface area contributed by atoms with Crippen molar-refractivity contribution in [1.82, 2.24) is 5.32 Å². The van der Waals surface area contributed by atoms with E-state index in [1.807, 2.05) is 6.07 Å². The highest BCUT2D eigenvalue weighted by atomic mass is 16.6. The van der Waals surface area contributed by atoms with Crippen molar-refractivity contribution in [3.63, 3.8) is 0 Å². The van der Waals surface area contributed by atoms with E-state index in [9.17, 15) is 19.7 Å². The topological polar surface area (TPSA) is 89.3 Å². The van der Waals surface area contributed by atoms with E-state index in [1.54, 1.807) is 37.4 Å². The fourth-order valence-electron chi connectivity index (χ4n) is 1.52. The van der Waals surface area contributed by atoms with Gasteiger partial charge in [-0.15, -0.1) is 0 Å². The fourth-order valence-corrected chi connectivity index (χ4v) is 1.52. The number of nitrogens with one attached hydrogen (secondary N) is 1. The van der Waals surface area contributed by atoms with Gasteiger partial charge in [-0.05, 0) is 0 Å². The number of ketones is 1. The number of amides is 1. The predicted molar refractivity (Wildman–Crippen MR) is 82.7 cm³/mol. The smallest absolute Gasteiger partial charge is 0.270 e. The molecular formula is C16H16N2O4. The van der Waals surface area contributed by atoms with E-state index in [0.717, 1.165) is 0 Å². The number of non-ortho nitro benzene ring substituents is 1. The minimum absolute atomic E-state index is 0.00463. The summed E-state index contributed by atoms with van der Waals surface area (Å²) in [5.41, 5.74) is 0.769. The lowest BCUT2D eigenvalue weighted by Crippen LogP contribution is -2.11. The van der Waals surface area contributed by atoms with Crippen LogP contribution in [0.3, 0.4) is 0 Å². The molecule has 0 radical (unpaired) electrons. The van der Waals surface area contributed by atoms with Gasteiger partial charge in [-0.25, -0.2) is 0 Å². The molecular weight excluding hydrogens is 284 g/mol. The van der Waals surface area contributed by atoms with Crippen LogP contribution in [0.1, 0.15) is 22.8 Å². The molecule has 22 heavy (non-hydrogen) atoms. The third-order valence-electron chi connectivity index (χ3n) is 2.71. The molecule has 0 unspecified atom stereocenters. The number of hydrogen-bond donors (Lipinski definition) is 1. The van der Waals surface area contributed by atoms with Gasteiger partial charge in [0.1, 0.15) is 0 Å². The Labute approximate surface area is 127 Å². The molecule has 0 atom stereocenters. The third-order valence-corrected chi connectivity index (χ3v) is 2.71. The maximum absolute atomic E-state index is 12.0. The molecule has 0 aromatic heterocycles. The second-order valence-corrected chi connectivity index (χ2v) is 4.31. The first-order chi connectivity index (χ1) is 10.5. The highest BCUT2D eigenvalue weighted by Crippen LogP contribution is 2.16. The average Bonchev–Trinajstić information content (AvgIpc) is 2.55. The first-order valence-corrected chi connectivity index (χ1v) is 6.48. The SMILES string of the molecule is CNC(C)=O.O=C(c1ccccc1)c1cccc([N+](=O)[O-])c1.